The van der Waals surface area contributed by atoms with Gasteiger partial charge in [-0.1, -0.05) is 36.4 Å². The van der Waals surface area contributed by atoms with Crippen LogP contribution >= 0.6 is 0 Å². The van der Waals surface area contributed by atoms with E-state index in [2.05, 4.69) is 35.2 Å². The van der Waals surface area contributed by atoms with Crippen molar-refractivity contribution >= 4 is 5.71 Å². The number of hydrogen-bond acceptors (Lipinski definition) is 6. The van der Waals surface area contributed by atoms with E-state index in [0.29, 0.717) is 24.6 Å². The Hall–Kier alpha value is -3.66. The summed E-state index contributed by atoms with van der Waals surface area (Å²) in [5.41, 5.74) is 0.120. The van der Waals surface area contributed by atoms with Gasteiger partial charge in [0, 0.05) is 25.6 Å². The van der Waals surface area contributed by atoms with Gasteiger partial charge in [0.15, 0.2) is 5.41 Å². The van der Waals surface area contributed by atoms with Gasteiger partial charge in [-0.2, -0.15) is 15.8 Å². The lowest BCUT2D eigenvalue weighted by Crippen LogP contribution is -2.52. The predicted octanol–water partition coefficient (Wildman–Crippen LogP) is 3.94. The van der Waals surface area contributed by atoms with Crippen LogP contribution in [0.5, 0.6) is 0 Å². The lowest BCUT2D eigenvalue weighted by Gasteiger charge is -2.46. The van der Waals surface area contributed by atoms with Gasteiger partial charge >= 0.3 is 0 Å². The molecule has 6 nitrogen and oxygen atoms in total. The lowest BCUT2D eigenvalue weighted by molar-refractivity contribution is 0.185. The Kier molecular flexibility index (Phi) is 5.00. The molecule has 6 heteroatoms. The van der Waals surface area contributed by atoms with E-state index in [9.17, 15) is 15.8 Å². The summed E-state index contributed by atoms with van der Waals surface area (Å²) in [4.78, 5) is 2.25. The first kappa shape index (κ1) is 19.6. The van der Waals surface area contributed by atoms with Crippen molar-refractivity contribution in [1.29, 1.82) is 21.2 Å². The maximum absolute atomic E-state index is 10.1. The summed E-state index contributed by atoms with van der Waals surface area (Å²) in [6.45, 7) is 3.78. The van der Waals surface area contributed by atoms with Crippen molar-refractivity contribution in [1.82, 2.24) is 4.90 Å². The largest absolute Gasteiger partial charge is 0.466 e. The van der Waals surface area contributed by atoms with Gasteiger partial charge in [0.25, 0.3) is 0 Å². The van der Waals surface area contributed by atoms with Gasteiger partial charge < -0.3 is 9.83 Å². The molecule has 4 rings (SSSR count). The van der Waals surface area contributed by atoms with Crippen molar-refractivity contribution in [2.45, 2.75) is 19.4 Å². The molecule has 0 saturated heterocycles. The molecule has 2 aromatic rings. The molecule has 2 aliphatic rings. The Morgan fingerprint density at radius 1 is 1.13 bits per heavy atom. The zero-order chi connectivity index (χ0) is 21.3. The van der Waals surface area contributed by atoms with Crippen LogP contribution in [0.3, 0.4) is 0 Å². The van der Waals surface area contributed by atoms with Crippen LogP contribution in [0.4, 0.5) is 0 Å². The topological polar surface area (TPSA) is 112 Å². The molecular weight excluding hydrogens is 374 g/mol. The van der Waals surface area contributed by atoms with Crippen LogP contribution in [-0.4, -0.2) is 23.7 Å². The second-order valence-corrected chi connectivity index (χ2v) is 7.92. The van der Waals surface area contributed by atoms with E-state index in [1.54, 1.807) is 6.07 Å². The summed E-state index contributed by atoms with van der Waals surface area (Å²) >= 11 is 0. The number of nitrogens with one attached hydrogen (secondary N) is 1. The number of aryl methyl sites for hydroxylation is 1. The molecular formula is C24H21N5O. The molecule has 30 heavy (non-hydrogen) atoms. The molecule has 0 unspecified atom stereocenters. The minimum Gasteiger partial charge on any atom is -0.466 e. The minimum absolute atomic E-state index is 0.145. The summed E-state index contributed by atoms with van der Waals surface area (Å²) in [6, 6.07) is 20.1. The number of rotatable bonds is 3. The van der Waals surface area contributed by atoms with Crippen LogP contribution in [0, 0.1) is 63.6 Å². The van der Waals surface area contributed by atoms with Crippen LogP contribution in [0.15, 0.2) is 58.5 Å². The second-order valence-electron chi connectivity index (χ2n) is 7.92. The zero-order valence-electron chi connectivity index (χ0n) is 16.7. The Morgan fingerprint density at radius 2 is 1.87 bits per heavy atom. The minimum atomic E-state index is -1.73. The summed E-state index contributed by atoms with van der Waals surface area (Å²) in [6.07, 6.45) is 2.00. The predicted molar refractivity (Wildman–Crippen MR) is 110 cm³/mol. The van der Waals surface area contributed by atoms with Gasteiger partial charge in [0.05, 0.1) is 29.8 Å². The third-order valence-electron chi connectivity index (χ3n) is 6.18. The Balaban J connectivity index is 1.80. The van der Waals surface area contributed by atoms with Crippen molar-refractivity contribution in [3.63, 3.8) is 0 Å². The standard InChI is InChI=1S/C24H21N5O/c1-16-7-8-21(30-16)22-20-13-29(12-17-5-3-2-4-6-17)10-9-18(20)19(11-25)23(28)24(22,14-26)15-27/h2-9,19-20,22,28H,10,12-13H2,1H3/t19-,20+,22+/m1/s1. The number of fused-ring (bicyclic) bond motifs is 1. The van der Waals surface area contributed by atoms with Gasteiger partial charge in [-0.15, -0.1) is 0 Å². The number of furan rings is 1. The van der Waals surface area contributed by atoms with Gasteiger partial charge in [-0.05, 0) is 30.2 Å². The Bertz CT molecular complexity index is 1110. The zero-order valence-corrected chi connectivity index (χ0v) is 16.7. The third kappa shape index (κ3) is 3.01. The molecule has 1 N–H and O–H groups in total. The van der Waals surface area contributed by atoms with Crippen molar-refractivity contribution < 1.29 is 4.42 Å². The van der Waals surface area contributed by atoms with E-state index in [0.717, 1.165) is 12.1 Å². The molecule has 0 amide bonds. The Morgan fingerprint density at radius 3 is 2.47 bits per heavy atom. The first-order chi connectivity index (χ1) is 14.5. The molecule has 1 aliphatic carbocycles. The highest BCUT2D eigenvalue weighted by molar-refractivity contribution is 6.00. The van der Waals surface area contributed by atoms with Crippen LogP contribution in [0.25, 0.3) is 0 Å². The summed E-state index contributed by atoms with van der Waals surface area (Å²) < 4.78 is 5.87. The fourth-order valence-corrected chi connectivity index (χ4v) is 4.76. The third-order valence-corrected chi connectivity index (χ3v) is 6.18. The molecule has 3 atom stereocenters. The van der Waals surface area contributed by atoms with E-state index in [4.69, 9.17) is 9.83 Å². The van der Waals surface area contributed by atoms with Crippen LogP contribution in [0.2, 0.25) is 0 Å². The smallest absolute Gasteiger partial charge is 0.192 e. The highest BCUT2D eigenvalue weighted by atomic mass is 16.3. The van der Waals surface area contributed by atoms with E-state index >= 15 is 0 Å². The second kappa shape index (κ2) is 7.64. The van der Waals surface area contributed by atoms with Crippen molar-refractivity contribution in [3.8, 4) is 18.2 Å². The molecule has 1 aromatic carbocycles. The quantitative estimate of drug-likeness (QED) is 0.791. The summed E-state index contributed by atoms with van der Waals surface area (Å²) in [5.74, 6) is -0.546. The molecule has 148 valence electrons. The first-order valence-corrected chi connectivity index (χ1v) is 9.87. The molecule has 1 saturated carbocycles. The van der Waals surface area contributed by atoms with Gasteiger partial charge in [0.2, 0.25) is 0 Å². The maximum atomic E-state index is 10.1. The number of hydrogen-bond donors (Lipinski definition) is 1. The summed E-state index contributed by atoms with van der Waals surface area (Å²) in [7, 11) is 0. The monoisotopic (exact) mass is 395 g/mol. The highest BCUT2D eigenvalue weighted by Gasteiger charge is 2.58. The molecule has 0 spiro atoms. The maximum Gasteiger partial charge on any atom is 0.192 e. The highest BCUT2D eigenvalue weighted by Crippen LogP contribution is 2.53. The van der Waals surface area contributed by atoms with Crippen molar-refractivity contribution in [2.24, 2.45) is 17.3 Å². The van der Waals surface area contributed by atoms with E-state index in [1.165, 1.54) is 5.56 Å². The van der Waals surface area contributed by atoms with E-state index in [1.807, 2.05) is 37.3 Å². The fourth-order valence-electron chi connectivity index (χ4n) is 4.76. The van der Waals surface area contributed by atoms with Crippen molar-refractivity contribution in [3.05, 3.63) is 71.2 Å². The van der Waals surface area contributed by atoms with Crippen LogP contribution in [-0.2, 0) is 6.54 Å². The van der Waals surface area contributed by atoms with Crippen LogP contribution in [0.1, 0.15) is 23.0 Å². The lowest BCUT2D eigenvalue weighted by atomic mass is 9.55. The Labute approximate surface area is 175 Å². The molecule has 0 radical (unpaired) electrons. The van der Waals surface area contributed by atoms with Gasteiger partial charge in [-0.25, -0.2) is 0 Å². The fraction of sp³-hybridized carbons (Fsp3) is 0.333. The molecule has 1 fully saturated rings. The SMILES string of the molecule is Cc1ccc([C@@H]2[C@H]3CN(Cc4ccccc4)CC=C3[C@@H](C#N)C(=N)C2(C#N)C#N)o1. The van der Waals surface area contributed by atoms with E-state index in [-0.39, 0.29) is 11.6 Å². The number of nitriles is 3. The number of nitrogens with zero attached hydrogens (tertiary/aromatic N) is 4. The normalized spacial score (nSPS) is 25.3. The first-order valence-electron chi connectivity index (χ1n) is 9.87. The average Bonchev–Trinajstić information content (AvgIpc) is 3.19. The molecule has 1 aliphatic heterocycles. The number of benzene rings is 1. The van der Waals surface area contributed by atoms with Gasteiger partial charge in [-0.3, -0.25) is 4.90 Å². The molecule has 1 aromatic heterocycles. The average molecular weight is 395 g/mol. The van der Waals surface area contributed by atoms with E-state index < -0.39 is 17.3 Å². The van der Waals surface area contributed by atoms with Crippen molar-refractivity contribution in [2.75, 3.05) is 13.1 Å². The van der Waals surface area contributed by atoms with Crippen LogP contribution < -0.4 is 0 Å². The molecule has 0 bridgehead atoms. The summed E-state index contributed by atoms with van der Waals surface area (Å²) in [5, 5.41) is 38.5. The van der Waals surface area contributed by atoms with Gasteiger partial charge in [0.1, 0.15) is 17.4 Å². The molecule has 2 heterocycles.